The van der Waals surface area contributed by atoms with Crippen LogP contribution in [0.25, 0.3) is 0 Å². The van der Waals surface area contributed by atoms with E-state index in [0.29, 0.717) is 27.8 Å². The lowest BCUT2D eigenvalue weighted by molar-refractivity contribution is -0.127. The summed E-state index contributed by atoms with van der Waals surface area (Å²) in [6.07, 6.45) is 0. The lowest BCUT2D eigenvalue weighted by Gasteiger charge is -2.24. The van der Waals surface area contributed by atoms with Crippen LogP contribution in [0.5, 0.6) is 5.75 Å². The molecule has 3 amide bonds. The Morgan fingerprint density at radius 2 is 1.85 bits per heavy atom. The number of amides is 3. The van der Waals surface area contributed by atoms with Crippen LogP contribution in [0.4, 0.5) is 21.9 Å². The molecule has 2 N–H and O–H groups in total. The molecule has 0 bridgehead atoms. The summed E-state index contributed by atoms with van der Waals surface area (Å²) in [4.78, 5) is 26.2. The molecule has 0 atom stereocenters. The highest BCUT2D eigenvalue weighted by Crippen LogP contribution is 2.37. The van der Waals surface area contributed by atoms with Crippen LogP contribution in [0.1, 0.15) is 13.8 Å². The minimum absolute atomic E-state index is 0.0179. The van der Waals surface area contributed by atoms with E-state index in [1.807, 2.05) is 13.8 Å². The van der Waals surface area contributed by atoms with E-state index in [4.69, 9.17) is 16.3 Å². The van der Waals surface area contributed by atoms with Gasteiger partial charge in [0.1, 0.15) is 12.4 Å². The summed E-state index contributed by atoms with van der Waals surface area (Å²) >= 11 is 5.91. The minimum atomic E-state index is -0.620. The third-order valence-electron chi connectivity index (χ3n) is 4.13. The number of hydrogen-bond acceptors (Lipinski definition) is 3. The number of carbonyl (C=O) groups excluding carboxylic acids is 2. The van der Waals surface area contributed by atoms with E-state index in [1.54, 1.807) is 54.4 Å². The molecular formula is C19H20ClN3O3. The van der Waals surface area contributed by atoms with Gasteiger partial charge in [0.2, 0.25) is 5.91 Å². The first-order valence-electron chi connectivity index (χ1n) is 8.15. The standard InChI is InChI=1S/C19H20ClN3O3/c1-19(2)11-26-16-10-14(7-8-15(16)23(3)17(19)24)22-18(25)21-13-6-4-5-12(20)9-13/h4-10H,11H2,1-3H3,(H2,21,22,25). The van der Waals surface area contributed by atoms with Gasteiger partial charge in [-0.05, 0) is 44.2 Å². The molecule has 0 spiro atoms. The summed E-state index contributed by atoms with van der Waals surface area (Å²) in [6.45, 7) is 3.95. The number of ether oxygens (including phenoxy) is 1. The number of halogens is 1. The van der Waals surface area contributed by atoms with Crippen molar-refractivity contribution in [2.24, 2.45) is 5.41 Å². The molecule has 0 radical (unpaired) electrons. The molecule has 0 unspecified atom stereocenters. The molecule has 0 aromatic heterocycles. The van der Waals surface area contributed by atoms with E-state index in [9.17, 15) is 9.59 Å². The highest BCUT2D eigenvalue weighted by Gasteiger charge is 2.36. The predicted octanol–water partition coefficient (Wildman–Crippen LogP) is 4.37. The number of nitrogens with one attached hydrogen (secondary N) is 2. The number of hydrogen-bond donors (Lipinski definition) is 2. The summed E-state index contributed by atoms with van der Waals surface area (Å²) in [6, 6.07) is 11.7. The molecule has 0 aliphatic carbocycles. The zero-order chi connectivity index (χ0) is 18.9. The number of nitrogens with zero attached hydrogens (tertiary/aromatic N) is 1. The van der Waals surface area contributed by atoms with Crippen molar-refractivity contribution in [2.75, 3.05) is 29.2 Å². The van der Waals surface area contributed by atoms with Crippen molar-refractivity contribution in [3.63, 3.8) is 0 Å². The van der Waals surface area contributed by atoms with Crippen molar-refractivity contribution in [2.45, 2.75) is 13.8 Å². The van der Waals surface area contributed by atoms with Crippen LogP contribution in [0.2, 0.25) is 5.02 Å². The first-order chi connectivity index (χ1) is 12.3. The molecule has 0 saturated carbocycles. The number of benzene rings is 2. The van der Waals surface area contributed by atoms with Crippen LogP contribution < -0.4 is 20.3 Å². The van der Waals surface area contributed by atoms with Gasteiger partial charge in [0.15, 0.2) is 0 Å². The first kappa shape index (κ1) is 18.1. The molecule has 3 rings (SSSR count). The van der Waals surface area contributed by atoms with Gasteiger partial charge >= 0.3 is 6.03 Å². The van der Waals surface area contributed by atoms with Crippen molar-refractivity contribution in [1.29, 1.82) is 0 Å². The van der Waals surface area contributed by atoms with E-state index < -0.39 is 11.4 Å². The molecule has 2 aromatic rings. The highest BCUT2D eigenvalue weighted by molar-refractivity contribution is 6.30. The van der Waals surface area contributed by atoms with E-state index in [1.165, 1.54) is 0 Å². The molecular weight excluding hydrogens is 354 g/mol. The number of urea groups is 1. The summed E-state index contributed by atoms with van der Waals surface area (Å²) in [5, 5.41) is 6.00. The third kappa shape index (κ3) is 3.75. The maximum Gasteiger partial charge on any atom is 0.323 e. The Morgan fingerprint density at radius 3 is 2.54 bits per heavy atom. The van der Waals surface area contributed by atoms with Crippen LogP contribution in [-0.4, -0.2) is 25.6 Å². The van der Waals surface area contributed by atoms with E-state index in [0.717, 1.165) is 0 Å². The van der Waals surface area contributed by atoms with Gasteiger partial charge in [-0.1, -0.05) is 17.7 Å². The lowest BCUT2D eigenvalue weighted by atomic mass is 9.93. The monoisotopic (exact) mass is 373 g/mol. The van der Waals surface area contributed by atoms with Gasteiger partial charge in [0, 0.05) is 29.5 Å². The zero-order valence-electron chi connectivity index (χ0n) is 14.8. The summed E-state index contributed by atoms with van der Waals surface area (Å²) < 4.78 is 5.81. The van der Waals surface area contributed by atoms with Crippen LogP contribution in [0.3, 0.4) is 0 Å². The zero-order valence-corrected chi connectivity index (χ0v) is 15.6. The molecule has 26 heavy (non-hydrogen) atoms. The first-order valence-corrected chi connectivity index (χ1v) is 8.53. The number of rotatable bonds is 2. The minimum Gasteiger partial charge on any atom is -0.490 e. The second kappa shape index (κ2) is 6.88. The second-order valence-electron chi connectivity index (χ2n) is 6.81. The Bertz CT molecular complexity index is 867. The fourth-order valence-electron chi connectivity index (χ4n) is 2.73. The van der Waals surface area contributed by atoms with Gasteiger partial charge in [-0.3, -0.25) is 4.79 Å². The molecule has 1 aliphatic heterocycles. The van der Waals surface area contributed by atoms with Gasteiger partial charge < -0.3 is 20.3 Å². The molecule has 136 valence electrons. The molecule has 1 heterocycles. The quantitative estimate of drug-likeness (QED) is 0.821. The fraction of sp³-hybridized carbons (Fsp3) is 0.263. The fourth-order valence-corrected chi connectivity index (χ4v) is 2.92. The van der Waals surface area contributed by atoms with Gasteiger partial charge in [0.25, 0.3) is 0 Å². The molecule has 1 aliphatic rings. The smallest absolute Gasteiger partial charge is 0.323 e. The van der Waals surface area contributed by atoms with Crippen LogP contribution in [-0.2, 0) is 4.79 Å². The topological polar surface area (TPSA) is 70.7 Å². The number of fused-ring (bicyclic) bond motifs is 1. The Kier molecular flexibility index (Phi) is 4.78. The second-order valence-corrected chi connectivity index (χ2v) is 7.25. The average molecular weight is 374 g/mol. The Balaban J connectivity index is 1.76. The van der Waals surface area contributed by atoms with Gasteiger partial charge in [0.05, 0.1) is 11.1 Å². The lowest BCUT2D eigenvalue weighted by Crippen LogP contribution is -2.39. The summed E-state index contributed by atoms with van der Waals surface area (Å²) in [5.41, 5.74) is 1.20. The number of carbonyl (C=O) groups is 2. The van der Waals surface area contributed by atoms with Crippen molar-refractivity contribution in [1.82, 2.24) is 0 Å². The predicted molar refractivity (Wildman–Crippen MR) is 103 cm³/mol. The molecule has 6 nitrogen and oxygen atoms in total. The maximum atomic E-state index is 12.5. The Morgan fingerprint density at radius 1 is 1.15 bits per heavy atom. The van der Waals surface area contributed by atoms with Crippen molar-refractivity contribution < 1.29 is 14.3 Å². The van der Waals surface area contributed by atoms with E-state index >= 15 is 0 Å². The van der Waals surface area contributed by atoms with Crippen molar-refractivity contribution in [3.05, 3.63) is 47.5 Å². The van der Waals surface area contributed by atoms with Gasteiger partial charge in [-0.2, -0.15) is 0 Å². The average Bonchev–Trinajstić information content (AvgIpc) is 2.66. The molecule has 0 fully saturated rings. The Labute approximate surface area is 157 Å². The van der Waals surface area contributed by atoms with Crippen LogP contribution >= 0.6 is 11.6 Å². The van der Waals surface area contributed by atoms with E-state index in [-0.39, 0.29) is 12.5 Å². The van der Waals surface area contributed by atoms with Crippen LogP contribution in [0, 0.1) is 5.41 Å². The molecule has 0 saturated heterocycles. The molecule has 7 heteroatoms. The van der Waals surface area contributed by atoms with Gasteiger partial charge in [-0.25, -0.2) is 4.79 Å². The number of anilines is 3. The SMILES string of the molecule is CN1C(=O)C(C)(C)COc2cc(NC(=O)Nc3cccc(Cl)c3)ccc21. The van der Waals surface area contributed by atoms with Crippen molar-refractivity contribution in [3.8, 4) is 5.75 Å². The third-order valence-corrected chi connectivity index (χ3v) is 4.37. The summed E-state index contributed by atoms with van der Waals surface area (Å²) in [5.74, 6) is 0.530. The van der Waals surface area contributed by atoms with Gasteiger partial charge in [-0.15, -0.1) is 0 Å². The molecule has 2 aromatic carbocycles. The van der Waals surface area contributed by atoms with Crippen LogP contribution in [0.15, 0.2) is 42.5 Å². The normalized spacial score (nSPS) is 15.5. The Hall–Kier alpha value is -2.73. The van der Waals surface area contributed by atoms with Crippen molar-refractivity contribution >= 4 is 40.6 Å². The maximum absolute atomic E-state index is 12.5. The highest BCUT2D eigenvalue weighted by atomic mass is 35.5. The summed E-state index contributed by atoms with van der Waals surface area (Å²) in [7, 11) is 1.72. The largest absolute Gasteiger partial charge is 0.490 e. The van der Waals surface area contributed by atoms with E-state index in [2.05, 4.69) is 10.6 Å².